The van der Waals surface area contributed by atoms with Gasteiger partial charge in [-0.25, -0.2) is 13.2 Å². The molecule has 1 N–H and O–H groups in total. The summed E-state index contributed by atoms with van der Waals surface area (Å²) in [7, 11) is -1.37. The zero-order valence-corrected chi connectivity index (χ0v) is 20.7. The molecule has 1 amide bonds. The third kappa shape index (κ3) is 6.68. The van der Waals surface area contributed by atoms with E-state index in [9.17, 15) is 18.0 Å². The molecule has 9 heteroatoms. The summed E-state index contributed by atoms with van der Waals surface area (Å²) in [5, 5.41) is 2.69. The summed E-state index contributed by atoms with van der Waals surface area (Å²) in [6.45, 7) is 1.49. The summed E-state index contributed by atoms with van der Waals surface area (Å²) in [4.78, 5) is 24.5. The lowest BCUT2D eigenvalue weighted by Gasteiger charge is -2.23. The van der Waals surface area contributed by atoms with Gasteiger partial charge in [0.2, 0.25) is 15.9 Å². The summed E-state index contributed by atoms with van der Waals surface area (Å²) in [6.07, 6.45) is 0.426. The lowest BCUT2D eigenvalue weighted by molar-refractivity contribution is -0.116. The summed E-state index contributed by atoms with van der Waals surface area (Å²) in [6, 6.07) is 20.5. The Labute approximate surface area is 205 Å². The van der Waals surface area contributed by atoms with Gasteiger partial charge < -0.3 is 14.8 Å². The minimum Gasteiger partial charge on any atom is -0.495 e. The van der Waals surface area contributed by atoms with Crippen molar-refractivity contribution >= 4 is 27.6 Å². The van der Waals surface area contributed by atoms with Crippen molar-refractivity contribution in [2.24, 2.45) is 0 Å². The third-order valence-electron chi connectivity index (χ3n) is 5.34. The van der Waals surface area contributed by atoms with Crippen LogP contribution >= 0.6 is 0 Å². The zero-order valence-electron chi connectivity index (χ0n) is 19.9. The Bertz CT molecular complexity index is 1270. The van der Waals surface area contributed by atoms with Gasteiger partial charge in [0.1, 0.15) is 10.6 Å². The van der Waals surface area contributed by atoms with Gasteiger partial charge >= 0.3 is 5.97 Å². The number of ether oxygens (including phenoxy) is 2. The average Bonchev–Trinajstić information content (AvgIpc) is 2.87. The summed E-state index contributed by atoms with van der Waals surface area (Å²) >= 11 is 0. The number of benzene rings is 3. The topological polar surface area (TPSA) is 102 Å². The number of anilines is 1. The van der Waals surface area contributed by atoms with E-state index in [-0.39, 0.29) is 17.2 Å². The molecule has 0 atom stereocenters. The normalized spacial score (nSPS) is 11.2. The number of nitrogens with one attached hydrogen (secondary N) is 1. The van der Waals surface area contributed by atoms with E-state index in [2.05, 4.69) is 10.1 Å². The van der Waals surface area contributed by atoms with Crippen molar-refractivity contribution in [2.75, 3.05) is 32.6 Å². The first-order valence-electron chi connectivity index (χ1n) is 10.9. The van der Waals surface area contributed by atoms with Crippen molar-refractivity contribution in [3.05, 3.63) is 89.5 Å². The molecule has 0 bridgehead atoms. The number of carbonyl (C=O) groups is 2. The van der Waals surface area contributed by atoms with Crippen molar-refractivity contribution in [3.63, 3.8) is 0 Å². The molecule has 35 heavy (non-hydrogen) atoms. The first kappa shape index (κ1) is 25.9. The number of hydrogen-bond donors (Lipinski definition) is 1. The van der Waals surface area contributed by atoms with Crippen LogP contribution in [0.1, 0.15) is 21.5 Å². The van der Waals surface area contributed by atoms with E-state index >= 15 is 0 Å². The largest absolute Gasteiger partial charge is 0.495 e. The molecular weight excluding hydrogens is 468 g/mol. The van der Waals surface area contributed by atoms with Crippen molar-refractivity contribution in [2.45, 2.75) is 18.2 Å². The second kappa shape index (κ2) is 11.6. The minimum absolute atomic E-state index is 0.00305. The van der Waals surface area contributed by atoms with Gasteiger partial charge in [-0.1, -0.05) is 36.4 Å². The van der Waals surface area contributed by atoms with E-state index in [1.165, 1.54) is 32.4 Å². The number of methoxy groups -OCH3 is 2. The molecule has 3 aromatic rings. The molecule has 0 aromatic heterocycles. The summed E-state index contributed by atoms with van der Waals surface area (Å²) < 4.78 is 38.4. The Morgan fingerprint density at radius 2 is 1.63 bits per heavy atom. The molecule has 3 rings (SSSR count). The Hall–Kier alpha value is -3.69. The summed E-state index contributed by atoms with van der Waals surface area (Å²) in [5.41, 5.74) is 2.46. The fraction of sp³-hybridized carbons (Fsp3) is 0.231. The fourth-order valence-electron chi connectivity index (χ4n) is 3.48. The second-order valence-corrected chi connectivity index (χ2v) is 9.75. The van der Waals surface area contributed by atoms with Crippen LogP contribution in [0.5, 0.6) is 5.75 Å². The summed E-state index contributed by atoms with van der Waals surface area (Å²) in [5.74, 6) is -0.800. The predicted octanol–water partition coefficient (Wildman–Crippen LogP) is 3.66. The molecule has 0 unspecified atom stereocenters. The molecule has 0 spiro atoms. The second-order valence-electron chi connectivity index (χ2n) is 7.85. The lowest BCUT2D eigenvalue weighted by atomic mass is 10.1. The Morgan fingerprint density at radius 3 is 2.26 bits per heavy atom. The van der Waals surface area contributed by atoms with Gasteiger partial charge in [0.05, 0.1) is 26.3 Å². The van der Waals surface area contributed by atoms with Crippen LogP contribution in [0.4, 0.5) is 5.69 Å². The molecule has 0 saturated heterocycles. The van der Waals surface area contributed by atoms with Crippen LogP contribution in [-0.4, -0.2) is 51.9 Å². The number of nitrogens with zero attached hydrogens (tertiary/aromatic N) is 1. The minimum atomic E-state index is -4.06. The smallest absolute Gasteiger partial charge is 0.337 e. The maximum Gasteiger partial charge on any atom is 0.337 e. The molecule has 0 fully saturated rings. The van der Waals surface area contributed by atoms with Crippen LogP contribution in [0.3, 0.4) is 0 Å². The number of hydrogen-bond acceptors (Lipinski definition) is 6. The van der Waals surface area contributed by atoms with Crippen LogP contribution in [0.15, 0.2) is 77.7 Å². The Morgan fingerprint density at radius 1 is 0.943 bits per heavy atom. The van der Waals surface area contributed by atoms with Crippen LogP contribution in [0.25, 0.3) is 0 Å². The van der Waals surface area contributed by atoms with Gasteiger partial charge in [0.25, 0.3) is 0 Å². The lowest BCUT2D eigenvalue weighted by Crippen LogP contribution is -2.39. The molecule has 0 aliphatic rings. The van der Waals surface area contributed by atoms with E-state index in [0.29, 0.717) is 17.7 Å². The monoisotopic (exact) mass is 496 g/mol. The van der Waals surface area contributed by atoms with Crippen molar-refractivity contribution in [3.8, 4) is 5.75 Å². The first-order chi connectivity index (χ1) is 16.7. The number of rotatable bonds is 10. The number of sulfonamides is 1. The van der Waals surface area contributed by atoms with Crippen molar-refractivity contribution < 1.29 is 27.5 Å². The van der Waals surface area contributed by atoms with Crippen LogP contribution in [0, 0.1) is 6.92 Å². The zero-order chi connectivity index (χ0) is 25.4. The highest BCUT2D eigenvalue weighted by molar-refractivity contribution is 7.89. The number of esters is 1. The number of amides is 1. The highest BCUT2D eigenvalue weighted by Gasteiger charge is 2.29. The van der Waals surface area contributed by atoms with E-state index in [1.54, 1.807) is 31.2 Å². The molecular formula is C26H28N2O6S. The molecule has 0 aliphatic carbocycles. The van der Waals surface area contributed by atoms with E-state index in [4.69, 9.17) is 4.74 Å². The predicted molar refractivity (Wildman–Crippen MR) is 133 cm³/mol. The van der Waals surface area contributed by atoms with Gasteiger partial charge in [0, 0.05) is 12.2 Å². The molecule has 0 saturated carbocycles. The Kier molecular flexibility index (Phi) is 8.62. The average molecular weight is 497 g/mol. The van der Waals surface area contributed by atoms with Gasteiger partial charge in [-0.3, -0.25) is 4.79 Å². The number of aryl methyl sites for hydroxylation is 1. The van der Waals surface area contributed by atoms with Crippen LogP contribution in [-0.2, 0) is 26.0 Å². The molecule has 8 nitrogen and oxygen atoms in total. The van der Waals surface area contributed by atoms with Crippen molar-refractivity contribution in [1.82, 2.24) is 4.31 Å². The van der Waals surface area contributed by atoms with Crippen molar-refractivity contribution in [1.29, 1.82) is 0 Å². The molecule has 184 valence electrons. The van der Waals surface area contributed by atoms with E-state index in [0.717, 1.165) is 15.4 Å². The Balaban J connectivity index is 1.84. The molecule has 0 radical (unpaired) electrons. The SMILES string of the molecule is COC(=O)c1ccc(NC(=O)CN(CCc2ccccc2)S(=O)(=O)c2cc(C)ccc2OC)cc1. The maximum atomic E-state index is 13.6. The van der Waals surface area contributed by atoms with Gasteiger partial charge in [0.15, 0.2) is 0 Å². The van der Waals surface area contributed by atoms with Crippen LogP contribution in [0.2, 0.25) is 0 Å². The molecule has 0 aliphatic heterocycles. The third-order valence-corrected chi connectivity index (χ3v) is 7.21. The maximum absolute atomic E-state index is 13.6. The van der Waals surface area contributed by atoms with Crippen LogP contribution < -0.4 is 10.1 Å². The van der Waals surface area contributed by atoms with E-state index in [1.807, 2.05) is 30.3 Å². The highest BCUT2D eigenvalue weighted by Crippen LogP contribution is 2.28. The molecule has 3 aromatic carbocycles. The van der Waals surface area contributed by atoms with Gasteiger partial charge in [-0.15, -0.1) is 0 Å². The van der Waals surface area contributed by atoms with Gasteiger partial charge in [-0.05, 0) is 60.9 Å². The standard InChI is InChI=1S/C26H28N2O6S/c1-19-9-14-23(33-2)24(17-19)35(31,32)28(16-15-20-7-5-4-6-8-20)18-25(29)27-22-12-10-21(11-13-22)26(30)34-3/h4-14,17H,15-16,18H2,1-3H3,(H,27,29). The molecule has 0 heterocycles. The van der Waals surface area contributed by atoms with E-state index < -0.39 is 28.4 Å². The number of carbonyl (C=O) groups excluding carboxylic acids is 2. The fourth-order valence-corrected chi connectivity index (χ4v) is 5.11. The first-order valence-corrected chi connectivity index (χ1v) is 12.4. The van der Waals surface area contributed by atoms with Gasteiger partial charge in [-0.2, -0.15) is 4.31 Å². The highest BCUT2D eigenvalue weighted by atomic mass is 32.2. The quantitative estimate of drug-likeness (QED) is 0.430.